The Kier molecular flexibility index (Phi) is 3.11. The van der Waals surface area contributed by atoms with Gasteiger partial charge in [0.1, 0.15) is 0 Å². The zero-order valence-corrected chi connectivity index (χ0v) is 11.0. The molecular formula is C12H14BrClO. The van der Waals surface area contributed by atoms with Gasteiger partial charge in [-0.1, -0.05) is 46.9 Å². The highest BCUT2D eigenvalue weighted by Gasteiger charge is 2.53. The Labute approximate surface area is 104 Å². The second kappa shape index (κ2) is 4.08. The van der Waals surface area contributed by atoms with E-state index >= 15 is 0 Å². The van der Waals surface area contributed by atoms with E-state index in [2.05, 4.69) is 22.9 Å². The highest BCUT2D eigenvalue weighted by atomic mass is 79.9. The highest BCUT2D eigenvalue weighted by molar-refractivity contribution is 9.10. The van der Waals surface area contributed by atoms with Gasteiger partial charge in [0.25, 0.3) is 0 Å². The molecule has 0 radical (unpaired) electrons. The van der Waals surface area contributed by atoms with Crippen molar-refractivity contribution in [2.45, 2.75) is 31.8 Å². The molecule has 1 fully saturated rings. The highest BCUT2D eigenvalue weighted by Crippen LogP contribution is 2.56. The molecule has 2 atom stereocenters. The van der Waals surface area contributed by atoms with Crippen LogP contribution in [0.3, 0.4) is 0 Å². The molecule has 0 saturated heterocycles. The SMILES string of the molecule is CCCC1CC1(O)c1ccc(Cl)cc1Br. The lowest BCUT2D eigenvalue weighted by Crippen LogP contribution is -2.09. The molecule has 82 valence electrons. The summed E-state index contributed by atoms with van der Waals surface area (Å²) in [5.41, 5.74) is 0.366. The second-order valence-electron chi connectivity index (χ2n) is 4.24. The van der Waals surface area contributed by atoms with E-state index in [1.165, 1.54) is 0 Å². The topological polar surface area (TPSA) is 20.2 Å². The molecule has 0 aromatic heterocycles. The van der Waals surface area contributed by atoms with Crippen LogP contribution in [0.25, 0.3) is 0 Å². The molecule has 15 heavy (non-hydrogen) atoms. The average molecular weight is 290 g/mol. The molecule has 0 heterocycles. The van der Waals surface area contributed by atoms with Crippen LogP contribution >= 0.6 is 27.5 Å². The number of aliphatic hydroxyl groups is 1. The van der Waals surface area contributed by atoms with Crippen LogP contribution in [0.5, 0.6) is 0 Å². The maximum absolute atomic E-state index is 10.4. The zero-order valence-electron chi connectivity index (χ0n) is 8.63. The van der Waals surface area contributed by atoms with E-state index in [1.54, 1.807) is 0 Å². The summed E-state index contributed by atoms with van der Waals surface area (Å²) in [6.45, 7) is 2.15. The fourth-order valence-corrected chi connectivity index (χ4v) is 3.20. The van der Waals surface area contributed by atoms with Gasteiger partial charge in [-0.25, -0.2) is 0 Å². The number of rotatable bonds is 3. The van der Waals surface area contributed by atoms with Crippen LogP contribution in [-0.2, 0) is 5.60 Å². The third kappa shape index (κ3) is 2.08. The Balaban J connectivity index is 2.24. The van der Waals surface area contributed by atoms with Gasteiger partial charge in [0.15, 0.2) is 0 Å². The van der Waals surface area contributed by atoms with E-state index in [9.17, 15) is 5.11 Å². The van der Waals surface area contributed by atoms with Crippen LogP contribution in [0, 0.1) is 5.92 Å². The van der Waals surface area contributed by atoms with Gasteiger partial charge in [-0.05, 0) is 36.5 Å². The molecule has 1 aromatic rings. The third-order valence-electron chi connectivity index (χ3n) is 3.11. The second-order valence-corrected chi connectivity index (χ2v) is 5.53. The largest absolute Gasteiger partial charge is 0.385 e. The summed E-state index contributed by atoms with van der Waals surface area (Å²) in [5, 5.41) is 11.1. The summed E-state index contributed by atoms with van der Waals surface area (Å²) in [6.07, 6.45) is 3.09. The minimum absolute atomic E-state index is 0.417. The number of hydrogen-bond acceptors (Lipinski definition) is 1. The molecule has 1 aromatic carbocycles. The normalized spacial score (nSPS) is 29.2. The fraction of sp³-hybridized carbons (Fsp3) is 0.500. The Morgan fingerprint density at radius 2 is 2.33 bits per heavy atom. The van der Waals surface area contributed by atoms with Crippen LogP contribution in [0.4, 0.5) is 0 Å². The predicted molar refractivity (Wildman–Crippen MR) is 66.1 cm³/mol. The summed E-state index contributed by atoms with van der Waals surface area (Å²) in [4.78, 5) is 0. The molecule has 0 aliphatic heterocycles. The molecule has 1 N–H and O–H groups in total. The van der Waals surface area contributed by atoms with E-state index in [0.717, 1.165) is 29.3 Å². The van der Waals surface area contributed by atoms with Crippen molar-refractivity contribution in [2.24, 2.45) is 5.92 Å². The molecule has 1 aliphatic rings. The van der Waals surface area contributed by atoms with Gasteiger partial charge in [-0.15, -0.1) is 0 Å². The predicted octanol–water partition coefficient (Wildman–Crippen LogP) is 4.11. The van der Waals surface area contributed by atoms with Crippen molar-refractivity contribution in [2.75, 3.05) is 0 Å². The molecule has 0 amide bonds. The molecule has 1 saturated carbocycles. The average Bonchev–Trinajstić information content (AvgIpc) is 2.78. The van der Waals surface area contributed by atoms with E-state index in [1.807, 2.05) is 18.2 Å². The lowest BCUT2D eigenvalue weighted by Gasteiger charge is -2.13. The minimum Gasteiger partial charge on any atom is -0.385 e. The van der Waals surface area contributed by atoms with Gasteiger partial charge < -0.3 is 5.11 Å². The van der Waals surface area contributed by atoms with Gasteiger partial charge in [-0.3, -0.25) is 0 Å². The Morgan fingerprint density at radius 3 is 2.93 bits per heavy atom. The molecule has 1 nitrogen and oxygen atoms in total. The summed E-state index contributed by atoms with van der Waals surface area (Å²) in [6, 6.07) is 5.60. The van der Waals surface area contributed by atoms with E-state index in [-0.39, 0.29) is 0 Å². The molecule has 2 rings (SSSR count). The number of halogens is 2. The van der Waals surface area contributed by atoms with Crippen molar-refractivity contribution >= 4 is 27.5 Å². The number of benzene rings is 1. The van der Waals surface area contributed by atoms with Gasteiger partial charge >= 0.3 is 0 Å². The van der Waals surface area contributed by atoms with Crippen LogP contribution in [0.1, 0.15) is 31.7 Å². The summed E-state index contributed by atoms with van der Waals surface area (Å²) < 4.78 is 0.913. The molecule has 0 spiro atoms. The smallest absolute Gasteiger partial charge is 0.0940 e. The van der Waals surface area contributed by atoms with Crippen molar-refractivity contribution in [3.8, 4) is 0 Å². The quantitative estimate of drug-likeness (QED) is 0.888. The zero-order chi connectivity index (χ0) is 11.1. The Hall–Kier alpha value is -0.0500. The monoisotopic (exact) mass is 288 g/mol. The number of hydrogen-bond donors (Lipinski definition) is 1. The van der Waals surface area contributed by atoms with Crippen molar-refractivity contribution in [3.63, 3.8) is 0 Å². The molecule has 3 heteroatoms. The molecule has 0 bridgehead atoms. The van der Waals surface area contributed by atoms with Crippen LogP contribution in [-0.4, -0.2) is 5.11 Å². The van der Waals surface area contributed by atoms with Gasteiger partial charge in [0.2, 0.25) is 0 Å². The molecular weight excluding hydrogens is 275 g/mol. The first kappa shape index (κ1) is 11.4. The van der Waals surface area contributed by atoms with Crippen molar-refractivity contribution < 1.29 is 5.11 Å². The Morgan fingerprint density at radius 1 is 1.60 bits per heavy atom. The first-order valence-electron chi connectivity index (χ1n) is 5.26. The Bertz CT molecular complexity index is 380. The third-order valence-corrected chi connectivity index (χ3v) is 4.00. The van der Waals surface area contributed by atoms with Gasteiger partial charge in [0.05, 0.1) is 5.60 Å². The van der Waals surface area contributed by atoms with E-state index in [4.69, 9.17) is 11.6 Å². The van der Waals surface area contributed by atoms with Crippen molar-refractivity contribution in [1.29, 1.82) is 0 Å². The first-order chi connectivity index (χ1) is 7.08. The maximum atomic E-state index is 10.4. The minimum atomic E-state index is -0.612. The summed E-state index contributed by atoms with van der Waals surface area (Å²) >= 11 is 9.33. The van der Waals surface area contributed by atoms with Gasteiger partial charge in [0, 0.05) is 9.50 Å². The fourth-order valence-electron chi connectivity index (χ4n) is 2.18. The van der Waals surface area contributed by atoms with E-state index in [0.29, 0.717) is 10.9 Å². The summed E-state index contributed by atoms with van der Waals surface area (Å²) in [7, 11) is 0. The maximum Gasteiger partial charge on any atom is 0.0940 e. The standard InChI is InChI=1S/C12H14BrClO/c1-2-3-8-7-12(8,15)10-5-4-9(14)6-11(10)13/h4-6,8,15H,2-3,7H2,1H3. The van der Waals surface area contributed by atoms with E-state index < -0.39 is 5.60 Å². The molecule has 1 aliphatic carbocycles. The summed E-state index contributed by atoms with van der Waals surface area (Å²) in [5.74, 6) is 0.417. The lowest BCUT2D eigenvalue weighted by atomic mass is 10.0. The van der Waals surface area contributed by atoms with Crippen molar-refractivity contribution in [1.82, 2.24) is 0 Å². The van der Waals surface area contributed by atoms with Gasteiger partial charge in [-0.2, -0.15) is 0 Å². The van der Waals surface area contributed by atoms with Crippen LogP contribution < -0.4 is 0 Å². The van der Waals surface area contributed by atoms with Crippen molar-refractivity contribution in [3.05, 3.63) is 33.3 Å². The van der Waals surface area contributed by atoms with Crippen LogP contribution in [0.2, 0.25) is 5.02 Å². The van der Waals surface area contributed by atoms with Crippen LogP contribution in [0.15, 0.2) is 22.7 Å². The lowest BCUT2D eigenvalue weighted by molar-refractivity contribution is 0.128. The molecule has 2 unspecified atom stereocenters. The first-order valence-corrected chi connectivity index (χ1v) is 6.43.